The molecule has 0 spiro atoms. The van der Waals surface area contributed by atoms with Crippen LogP contribution in [0.3, 0.4) is 0 Å². The normalized spacial score (nSPS) is 11.8. The Labute approximate surface area is 172 Å². The number of hydrogen-bond donors (Lipinski definition) is 3. The summed E-state index contributed by atoms with van der Waals surface area (Å²) in [6, 6.07) is 16.1. The van der Waals surface area contributed by atoms with Gasteiger partial charge in [-0.1, -0.05) is 50.2 Å². The fraction of sp³-hybridized carbons (Fsp3) is 0.391. The molecular weight excluding hydrogens is 368 g/mol. The number of hydrogen-bond acceptors (Lipinski definition) is 4. The van der Waals surface area contributed by atoms with Crippen molar-refractivity contribution in [3.8, 4) is 16.9 Å². The maximum atomic E-state index is 12.4. The largest absolute Gasteiger partial charge is 0.497 e. The lowest BCUT2D eigenvalue weighted by Crippen LogP contribution is -2.36. The van der Waals surface area contributed by atoms with Crippen molar-refractivity contribution in [1.82, 2.24) is 10.8 Å². The number of hydroxylamine groups is 1. The molecular formula is C23H30N2O4. The molecule has 0 heterocycles. The Morgan fingerprint density at radius 2 is 1.59 bits per heavy atom. The molecule has 0 aromatic heterocycles. The van der Waals surface area contributed by atoms with E-state index in [2.05, 4.69) is 29.6 Å². The summed E-state index contributed by atoms with van der Waals surface area (Å²) in [6.45, 7) is 4.50. The fourth-order valence-corrected chi connectivity index (χ4v) is 3.24. The van der Waals surface area contributed by atoms with Crippen molar-refractivity contribution in [2.75, 3.05) is 13.7 Å². The zero-order valence-corrected chi connectivity index (χ0v) is 17.3. The molecule has 2 rings (SSSR count). The molecule has 1 atom stereocenters. The van der Waals surface area contributed by atoms with E-state index in [-0.39, 0.29) is 18.2 Å². The molecule has 1 unspecified atom stereocenters. The molecule has 0 saturated carbocycles. The number of benzene rings is 2. The summed E-state index contributed by atoms with van der Waals surface area (Å²) in [7, 11) is 1.65. The van der Waals surface area contributed by atoms with Gasteiger partial charge in [-0.2, -0.15) is 0 Å². The van der Waals surface area contributed by atoms with Crippen molar-refractivity contribution in [3.63, 3.8) is 0 Å². The molecule has 0 radical (unpaired) electrons. The summed E-state index contributed by atoms with van der Waals surface area (Å²) in [4.78, 5) is 23.9. The van der Waals surface area contributed by atoms with Crippen molar-refractivity contribution >= 4 is 11.8 Å². The molecule has 0 aliphatic heterocycles. The number of ether oxygens (including phenoxy) is 1. The molecule has 0 saturated heterocycles. The number of methoxy groups -OCH3 is 1. The van der Waals surface area contributed by atoms with Gasteiger partial charge in [-0.25, -0.2) is 5.48 Å². The average Bonchev–Trinajstić information content (AvgIpc) is 2.73. The maximum absolute atomic E-state index is 12.4. The van der Waals surface area contributed by atoms with Gasteiger partial charge in [0.2, 0.25) is 11.8 Å². The minimum atomic E-state index is -0.542. The van der Waals surface area contributed by atoms with E-state index in [4.69, 9.17) is 9.94 Å². The second kappa shape index (κ2) is 11.2. The summed E-state index contributed by atoms with van der Waals surface area (Å²) >= 11 is 0. The summed E-state index contributed by atoms with van der Waals surface area (Å²) in [5.74, 6) is -0.0345. The van der Waals surface area contributed by atoms with Gasteiger partial charge in [0.1, 0.15) is 5.75 Å². The van der Waals surface area contributed by atoms with Crippen LogP contribution in [0.15, 0.2) is 48.5 Å². The molecule has 3 N–H and O–H groups in total. The molecule has 6 nitrogen and oxygen atoms in total. The van der Waals surface area contributed by atoms with Crippen molar-refractivity contribution in [3.05, 3.63) is 54.1 Å². The first-order valence-corrected chi connectivity index (χ1v) is 9.87. The first-order valence-electron chi connectivity index (χ1n) is 9.87. The third kappa shape index (κ3) is 7.23. The van der Waals surface area contributed by atoms with Crippen LogP contribution in [0, 0.1) is 11.8 Å². The highest BCUT2D eigenvalue weighted by Crippen LogP contribution is 2.23. The highest BCUT2D eigenvalue weighted by atomic mass is 16.5. The van der Waals surface area contributed by atoms with Crippen LogP contribution >= 0.6 is 0 Å². The molecule has 2 aromatic rings. The number of rotatable bonds is 10. The number of carbonyl (C=O) groups is 2. The summed E-state index contributed by atoms with van der Waals surface area (Å²) in [5.41, 5.74) is 4.96. The van der Waals surface area contributed by atoms with E-state index in [0.29, 0.717) is 19.4 Å². The van der Waals surface area contributed by atoms with E-state index >= 15 is 0 Å². The Kier molecular flexibility index (Phi) is 8.68. The van der Waals surface area contributed by atoms with Gasteiger partial charge in [-0.15, -0.1) is 0 Å². The van der Waals surface area contributed by atoms with Crippen molar-refractivity contribution in [1.29, 1.82) is 0 Å². The van der Waals surface area contributed by atoms with Crippen LogP contribution in [0.25, 0.3) is 11.1 Å². The van der Waals surface area contributed by atoms with Crippen LogP contribution in [-0.2, 0) is 16.0 Å². The smallest absolute Gasteiger partial charge is 0.244 e. The number of amides is 2. The molecule has 6 heteroatoms. The predicted molar refractivity (Wildman–Crippen MR) is 113 cm³/mol. The van der Waals surface area contributed by atoms with Crippen LogP contribution in [-0.4, -0.2) is 30.7 Å². The number of nitrogens with one attached hydrogen (secondary N) is 2. The molecule has 2 amide bonds. The molecule has 0 bridgehead atoms. The minimum Gasteiger partial charge on any atom is -0.497 e. The topological polar surface area (TPSA) is 87.7 Å². The quantitative estimate of drug-likeness (QED) is 0.422. The zero-order valence-electron chi connectivity index (χ0n) is 17.3. The lowest BCUT2D eigenvalue weighted by Gasteiger charge is -2.17. The van der Waals surface area contributed by atoms with E-state index in [9.17, 15) is 9.59 Å². The summed E-state index contributed by atoms with van der Waals surface area (Å²) in [5, 5.41) is 11.6. The van der Waals surface area contributed by atoms with Gasteiger partial charge in [0, 0.05) is 18.9 Å². The van der Waals surface area contributed by atoms with Gasteiger partial charge in [0.15, 0.2) is 0 Å². The van der Waals surface area contributed by atoms with Gasteiger partial charge in [0.05, 0.1) is 7.11 Å². The first-order chi connectivity index (χ1) is 13.9. The Balaban J connectivity index is 1.88. The van der Waals surface area contributed by atoms with Gasteiger partial charge < -0.3 is 10.1 Å². The van der Waals surface area contributed by atoms with Crippen molar-refractivity contribution in [2.45, 2.75) is 33.1 Å². The highest BCUT2D eigenvalue weighted by molar-refractivity contribution is 5.85. The SMILES string of the molecule is COc1ccc(-c2ccc(CCNC(=O)C(CC(=O)NO)CC(C)C)cc2)cc1. The monoisotopic (exact) mass is 398 g/mol. The molecule has 0 aliphatic carbocycles. The Hall–Kier alpha value is -2.86. The van der Waals surface area contributed by atoms with Gasteiger partial charge in [-0.3, -0.25) is 14.8 Å². The van der Waals surface area contributed by atoms with Gasteiger partial charge in [-0.05, 0) is 47.6 Å². The van der Waals surface area contributed by atoms with Gasteiger partial charge >= 0.3 is 0 Å². The molecule has 156 valence electrons. The van der Waals surface area contributed by atoms with Crippen molar-refractivity contribution in [2.24, 2.45) is 11.8 Å². The van der Waals surface area contributed by atoms with Crippen molar-refractivity contribution < 1.29 is 19.5 Å². The van der Waals surface area contributed by atoms with Crippen LogP contribution in [0.1, 0.15) is 32.3 Å². The highest BCUT2D eigenvalue weighted by Gasteiger charge is 2.22. The molecule has 2 aromatic carbocycles. The zero-order chi connectivity index (χ0) is 21.2. The van der Waals surface area contributed by atoms with Crippen LogP contribution in [0.5, 0.6) is 5.75 Å². The minimum absolute atomic E-state index is 0.0168. The molecule has 0 aliphatic rings. The van der Waals surface area contributed by atoms with Crippen LogP contribution in [0.2, 0.25) is 0 Å². The second-order valence-corrected chi connectivity index (χ2v) is 7.53. The number of carbonyl (C=O) groups excluding carboxylic acids is 2. The van der Waals surface area contributed by atoms with E-state index in [1.165, 1.54) is 0 Å². The molecule has 29 heavy (non-hydrogen) atoms. The third-order valence-electron chi connectivity index (χ3n) is 4.77. The average molecular weight is 399 g/mol. The van der Waals surface area contributed by atoms with E-state index in [1.807, 2.05) is 38.1 Å². The maximum Gasteiger partial charge on any atom is 0.244 e. The second-order valence-electron chi connectivity index (χ2n) is 7.53. The Bertz CT molecular complexity index is 786. The van der Waals surface area contributed by atoms with E-state index in [1.54, 1.807) is 12.6 Å². The lowest BCUT2D eigenvalue weighted by atomic mass is 9.93. The van der Waals surface area contributed by atoms with Crippen LogP contribution in [0.4, 0.5) is 0 Å². The Morgan fingerprint density at radius 3 is 2.10 bits per heavy atom. The third-order valence-corrected chi connectivity index (χ3v) is 4.77. The lowest BCUT2D eigenvalue weighted by molar-refractivity contribution is -0.135. The standard InChI is InChI=1S/C23H30N2O4/c1-16(2)14-20(15-22(26)25-28)23(27)24-13-12-17-4-6-18(7-5-17)19-8-10-21(29-3)11-9-19/h4-11,16,20,28H,12-15H2,1-3H3,(H,24,27)(H,25,26). The molecule has 0 fully saturated rings. The predicted octanol–water partition coefficient (Wildman–Crippen LogP) is 3.58. The fourth-order valence-electron chi connectivity index (χ4n) is 3.24. The summed E-state index contributed by atoms with van der Waals surface area (Å²) < 4.78 is 5.18. The van der Waals surface area contributed by atoms with Crippen LogP contribution < -0.4 is 15.5 Å². The Morgan fingerprint density at radius 1 is 1.00 bits per heavy atom. The van der Waals surface area contributed by atoms with Gasteiger partial charge in [0.25, 0.3) is 0 Å². The van der Waals surface area contributed by atoms with E-state index in [0.717, 1.165) is 22.4 Å². The first kappa shape index (κ1) is 22.4. The van der Waals surface area contributed by atoms with E-state index < -0.39 is 11.8 Å². The summed E-state index contributed by atoms with van der Waals surface area (Å²) in [6.07, 6.45) is 1.28.